The Morgan fingerprint density at radius 2 is 1.91 bits per heavy atom. The Balaban J connectivity index is 1.53. The summed E-state index contributed by atoms with van der Waals surface area (Å²) in [6.45, 7) is 6.16. The van der Waals surface area contributed by atoms with Crippen molar-refractivity contribution in [2.24, 2.45) is 5.92 Å². The fourth-order valence-electron chi connectivity index (χ4n) is 5.68. The molecule has 1 N–H and O–H groups in total. The quantitative estimate of drug-likeness (QED) is 0.289. The minimum Gasteiger partial charge on any atom is -0.408 e. The van der Waals surface area contributed by atoms with Crippen LogP contribution in [0.25, 0.3) is 5.52 Å². The highest BCUT2D eigenvalue weighted by Crippen LogP contribution is 2.39. The van der Waals surface area contributed by atoms with E-state index in [1.165, 1.54) is 28.8 Å². The van der Waals surface area contributed by atoms with Gasteiger partial charge in [-0.1, -0.05) is 25.1 Å². The number of rotatable bonds is 9. The molecule has 4 aromatic rings. The summed E-state index contributed by atoms with van der Waals surface area (Å²) in [6, 6.07) is 12.9. The highest BCUT2D eigenvalue weighted by Gasteiger charge is 2.37. The largest absolute Gasteiger partial charge is 0.417 e. The van der Waals surface area contributed by atoms with E-state index in [1.54, 1.807) is 38.1 Å². The molecular formula is C29H30F3N7O4S. The SMILES string of the molecule is CCOn1c(NS(=O)(=O)c2ccccc2)nn2c(C(CC)C3CCN(c4ccc(C#N)c(C(F)(F)F)c4)C3)nc(C)c2c1=O. The Hall–Kier alpha value is -4.58. The van der Waals surface area contributed by atoms with Crippen LogP contribution in [0.3, 0.4) is 0 Å². The Kier molecular flexibility index (Phi) is 8.30. The molecule has 1 saturated heterocycles. The normalized spacial score (nSPS) is 16.2. The molecule has 1 aliphatic rings. The molecule has 0 aliphatic carbocycles. The van der Waals surface area contributed by atoms with Gasteiger partial charge < -0.3 is 9.74 Å². The number of alkyl halides is 3. The minimum absolute atomic E-state index is 0.0339. The molecule has 1 fully saturated rings. The highest BCUT2D eigenvalue weighted by molar-refractivity contribution is 7.92. The molecule has 0 radical (unpaired) electrons. The first-order valence-corrected chi connectivity index (χ1v) is 15.5. The summed E-state index contributed by atoms with van der Waals surface area (Å²) in [6.07, 6.45) is -3.48. The zero-order chi connectivity index (χ0) is 31.8. The summed E-state index contributed by atoms with van der Waals surface area (Å²) >= 11 is 0. The standard InChI is InChI=1S/C29H30F3N7O4S/c1-4-23(20-13-14-37(17-20)21-12-11-19(16-33)24(15-21)29(30,31)32)26-34-18(3)25-27(40)39(43-5-2)28(35-38(25)26)36-44(41,42)22-9-7-6-8-10-22/h6-12,15,20,23H,4-5,13-14,17H2,1-3H3,(H,35,36). The number of benzene rings is 2. The molecule has 15 heteroatoms. The molecule has 0 spiro atoms. The van der Waals surface area contributed by atoms with Gasteiger partial charge in [0, 0.05) is 24.7 Å². The zero-order valence-corrected chi connectivity index (χ0v) is 25.0. The van der Waals surface area contributed by atoms with Crippen LogP contribution in [-0.2, 0) is 16.2 Å². The molecule has 11 nitrogen and oxygen atoms in total. The zero-order valence-electron chi connectivity index (χ0n) is 24.2. The molecule has 0 saturated carbocycles. The first-order chi connectivity index (χ1) is 20.9. The molecule has 232 valence electrons. The molecule has 2 unspecified atom stereocenters. The molecule has 0 bridgehead atoms. The van der Waals surface area contributed by atoms with Crippen LogP contribution < -0.4 is 20.0 Å². The van der Waals surface area contributed by atoms with E-state index in [2.05, 4.69) is 14.8 Å². The van der Waals surface area contributed by atoms with E-state index in [0.29, 0.717) is 43.1 Å². The van der Waals surface area contributed by atoms with E-state index in [9.17, 15) is 26.4 Å². The first-order valence-electron chi connectivity index (χ1n) is 14.0. The predicted molar refractivity (Wildman–Crippen MR) is 156 cm³/mol. The number of fused-ring (bicyclic) bond motifs is 1. The second-order valence-electron chi connectivity index (χ2n) is 10.4. The number of anilines is 2. The minimum atomic E-state index is -4.67. The van der Waals surface area contributed by atoms with Gasteiger partial charge in [0.25, 0.3) is 16.0 Å². The number of halogens is 3. The van der Waals surface area contributed by atoms with Crippen LogP contribution in [0, 0.1) is 24.2 Å². The Bertz CT molecular complexity index is 1900. The third-order valence-electron chi connectivity index (χ3n) is 7.72. The van der Waals surface area contributed by atoms with Gasteiger partial charge in [0.2, 0.25) is 0 Å². The van der Waals surface area contributed by atoms with Crippen LogP contribution >= 0.6 is 0 Å². The van der Waals surface area contributed by atoms with Crippen LogP contribution in [0.5, 0.6) is 0 Å². The summed E-state index contributed by atoms with van der Waals surface area (Å²) in [5.41, 5.74) is -1.23. The van der Waals surface area contributed by atoms with Crippen molar-refractivity contribution >= 4 is 27.2 Å². The number of nitrogens with zero attached hydrogens (tertiary/aromatic N) is 6. The molecule has 44 heavy (non-hydrogen) atoms. The predicted octanol–water partition coefficient (Wildman–Crippen LogP) is 4.36. The molecule has 1 aliphatic heterocycles. The van der Waals surface area contributed by atoms with Crippen molar-refractivity contribution in [3.05, 3.63) is 81.5 Å². The lowest BCUT2D eigenvalue weighted by molar-refractivity contribution is -0.137. The van der Waals surface area contributed by atoms with Crippen LogP contribution in [0.15, 0.2) is 58.2 Å². The fourth-order valence-corrected chi connectivity index (χ4v) is 6.68. The third kappa shape index (κ3) is 5.69. The van der Waals surface area contributed by atoms with Crippen molar-refractivity contribution in [2.75, 3.05) is 29.3 Å². The number of nitriles is 1. The summed E-state index contributed by atoms with van der Waals surface area (Å²) < 4.78 is 71.6. The summed E-state index contributed by atoms with van der Waals surface area (Å²) in [5, 5.41) is 13.7. The maximum absolute atomic E-state index is 13.6. The van der Waals surface area contributed by atoms with E-state index in [0.717, 1.165) is 10.8 Å². The van der Waals surface area contributed by atoms with E-state index < -0.39 is 32.9 Å². The lowest BCUT2D eigenvalue weighted by atomic mass is 9.88. The van der Waals surface area contributed by atoms with Crippen LogP contribution in [0.1, 0.15) is 55.3 Å². The lowest BCUT2D eigenvalue weighted by Gasteiger charge is -2.24. The maximum Gasteiger partial charge on any atom is 0.417 e. The molecule has 2 atom stereocenters. The van der Waals surface area contributed by atoms with Gasteiger partial charge in [-0.2, -0.15) is 18.4 Å². The Morgan fingerprint density at radius 3 is 2.55 bits per heavy atom. The van der Waals surface area contributed by atoms with Gasteiger partial charge in [0.05, 0.1) is 27.8 Å². The van der Waals surface area contributed by atoms with Gasteiger partial charge >= 0.3 is 11.7 Å². The van der Waals surface area contributed by atoms with Gasteiger partial charge in [-0.3, -0.25) is 4.79 Å². The second kappa shape index (κ2) is 11.8. The third-order valence-corrected chi connectivity index (χ3v) is 9.07. The number of imidazole rings is 1. The number of aryl methyl sites for hydroxylation is 1. The van der Waals surface area contributed by atoms with Gasteiger partial charge in [0.1, 0.15) is 12.4 Å². The van der Waals surface area contributed by atoms with Crippen molar-refractivity contribution in [3.8, 4) is 6.07 Å². The number of sulfonamides is 1. The Labute approximate surface area is 251 Å². The highest BCUT2D eigenvalue weighted by atomic mass is 32.2. The van der Waals surface area contributed by atoms with E-state index >= 15 is 0 Å². The summed E-state index contributed by atoms with van der Waals surface area (Å²) in [4.78, 5) is 25.6. The molecular weight excluding hydrogens is 599 g/mol. The van der Waals surface area contributed by atoms with Gasteiger partial charge in [-0.05, 0) is 62.9 Å². The summed E-state index contributed by atoms with van der Waals surface area (Å²) in [7, 11) is -4.14. The first kappa shape index (κ1) is 30.9. The average molecular weight is 630 g/mol. The maximum atomic E-state index is 13.6. The van der Waals surface area contributed by atoms with Crippen molar-refractivity contribution in [3.63, 3.8) is 0 Å². The molecule has 3 heterocycles. The molecule has 0 amide bonds. The topological polar surface area (TPSA) is 135 Å². The second-order valence-corrected chi connectivity index (χ2v) is 12.1. The smallest absolute Gasteiger partial charge is 0.408 e. The van der Waals surface area contributed by atoms with Crippen molar-refractivity contribution in [2.45, 2.75) is 50.6 Å². The lowest BCUT2D eigenvalue weighted by Crippen LogP contribution is -2.34. The number of aromatic nitrogens is 4. The van der Waals surface area contributed by atoms with E-state index in [4.69, 9.17) is 10.1 Å². The van der Waals surface area contributed by atoms with Gasteiger partial charge in [-0.25, -0.2) is 22.6 Å². The van der Waals surface area contributed by atoms with Crippen LogP contribution in [0.4, 0.5) is 24.8 Å². The number of hydrogen-bond donors (Lipinski definition) is 1. The van der Waals surface area contributed by atoms with Crippen molar-refractivity contribution in [1.29, 1.82) is 5.26 Å². The Morgan fingerprint density at radius 1 is 1.18 bits per heavy atom. The fraction of sp³-hybridized carbons (Fsp3) is 0.379. The molecule has 5 rings (SSSR count). The van der Waals surface area contributed by atoms with E-state index in [-0.39, 0.29) is 34.8 Å². The average Bonchev–Trinajstić information content (AvgIpc) is 3.60. The van der Waals surface area contributed by atoms with Gasteiger partial charge in [-0.15, -0.1) is 9.83 Å². The molecule has 2 aromatic carbocycles. The summed E-state index contributed by atoms with van der Waals surface area (Å²) in [5.74, 6) is -0.263. The monoisotopic (exact) mass is 629 g/mol. The number of nitrogens with one attached hydrogen (secondary N) is 1. The van der Waals surface area contributed by atoms with Crippen molar-refractivity contribution in [1.82, 2.24) is 19.3 Å². The molecule has 2 aromatic heterocycles. The number of hydrogen-bond acceptors (Lipinski definition) is 8. The van der Waals surface area contributed by atoms with Crippen LogP contribution in [-0.4, -0.2) is 47.4 Å². The van der Waals surface area contributed by atoms with Gasteiger partial charge in [0.15, 0.2) is 5.52 Å². The van der Waals surface area contributed by atoms with Crippen molar-refractivity contribution < 1.29 is 26.4 Å². The van der Waals surface area contributed by atoms with E-state index in [1.807, 2.05) is 11.8 Å². The van der Waals surface area contributed by atoms with Crippen LogP contribution in [0.2, 0.25) is 0 Å².